The standard InChI is InChI=1S/C24H25ClN2O3/c1-16-2-12-21(13-3-16)27(25)24-26-15-22(30-24)20-10-8-19(9-11-20)18-6-4-17(5-7-18)14-23(28)29/h2-3,8-13,15,17-18H,4-7,14H2,1H3,(H,28,29). The van der Waals surface area contributed by atoms with Crippen molar-refractivity contribution in [3.8, 4) is 11.3 Å². The molecule has 1 aromatic heterocycles. The quantitative estimate of drug-likeness (QED) is 0.446. The Hall–Kier alpha value is -2.79. The maximum Gasteiger partial charge on any atom is 0.317 e. The summed E-state index contributed by atoms with van der Waals surface area (Å²) in [5.41, 5.74) is 4.20. The van der Waals surface area contributed by atoms with Crippen LogP contribution < -0.4 is 4.42 Å². The van der Waals surface area contributed by atoms with Gasteiger partial charge in [-0.25, -0.2) is 4.42 Å². The minimum Gasteiger partial charge on any atom is -0.481 e. The highest BCUT2D eigenvalue weighted by atomic mass is 35.5. The molecule has 6 heteroatoms. The minimum atomic E-state index is -0.688. The Bertz CT molecular complexity index is 990. The lowest BCUT2D eigenvalue weighted by atomic mass is 9.77. The van der Waals surface area contributed by atoms with E-state index >= 15 is 0 Å². The number of nitrogens with zero attached hydrogens (tertiary/aromatic N) is 2. The zero-order valence-corrected chi connectivity index (χ0v) is 17.7. The van der Waals surface area contributed by atoms with Crippen LogP contribution >= 0.6 is 11.8 Å². The number of carboxylic acids is 1. The summed E-state index contributed by atoms with van der Waals surface area (Å²) in [5, 5.41) is 8.97. The molecule has 0 unspecified atom stereocenters. The highest BCUT2D eigenvalue weighted by molar-refractivity contribution is 6.28. The van der Waals surface area contributed by atoms with E-state index < -0.39 is 5.97 Å². The van der Waals surface area contributed by atoms with Crippen LogP contribution in [0.5, 0.6) is 0 Å². The van der Waals surface area contributed by atoms with E-state index in [0.717, 1.165) is 42.5 Å². The van der Waals surface area contributed by atoms with E-state index in [1.807, 2.05) is 43.3 Å². The number of hydrogen-bond acceptors (Lipinski definition) is 4. The van der Waals surface area contributed by atoms with Crippen LogP contribution in [0.2, 0.25) is 0 Å². The van der Waals surface area contributed by atoms with Crippen molar-refractivity contribution in [1.82, 2.24) is 4.98 Å². The number of rotatable bonds is 6. The molecule has 4 rings (SSSR count). The fourth-order valence-corrected chi connectivity index (χ4v) is 4.33. The third-order valence-corrected chi connectivity index (χ3v) is 6.24. The number of carbonyl (C=O) groups is 1. The number of oxazole rings is 1. The van der Waals surface area contributed by atoms with E-state index in [1.54, 1.807) is 6.20 Å². The molecule has 30 heavy (non-hydrogen) atoms. The molecule has 156 valence electrons. The lowest BCUT2D eigenvalue weighted by molar-refractivity contribution is -0.138. The summed E-state index contributed by atoms with van der Waals surface area (Å²) in [4.78, 5) is 15.2. The van der Waals surface area contributed by atoms with E-state index in [9.17, 15) is 4.79 Å². The molecule has 1 heterocycles. The summed E-state index contributed by atoms with van der Waals surface area (Å²) < 4.78 is 7.29. The maximum atomic E-state index is 10.9. The van der Waals surface area contributed by atoms with Gasteiger partial charge >= 0.3 is 12.0 Å². The number of aliphatic carboxylic acids is 1. The Labute approximate surface area is 181 Å². The number of anilines is 2. The van der Waals surface area contributed by atoms with Gasteiger partial charge in [0.25, 0.3) is 0 Å². The van der Waals surface area contributed by atoms with Gasteiger partial charge in [-0.3, -0.25) is 4.79 Å². The van der Waals surface area contributed by atoms with Crippen molar-refractivity contribution in [2.75, 3.05) is 4.42 Å². The van der Waals surface area contributed by atoms with E-state index in [0.29, 0.717) is 30.0 Å². The predicted octanol–water partition coefficient (Wildman–Crippen LogP) is 6.69. The maximum absolute atomic E-state index is 10.9. The van der Waals surface area contributed by atoms with Crippen LogP contribution in [0.3, 0.4) is 0 Å². The van der Waals surface area contributed by atoms with Gasteiger partial charge in [0.05, 0.1) is 11.9 Å². The van der Waals surface area contributed by atoms with Crippen LogP contribution in [-0.4, -0.2) is 16.1 Å². The highest BCUT2D eigenvalue weighted by Crippen LogP contribution is 2.38. The fourth-order valence-electron chi connectivity index (χ4n) is 4.14. The second kappa shape index (κ2) is 8.92. The van der Waals surface area contributed by atoms with Crippen molar-refractivity contribution in [3.05, 3.63) is 65.9 Å². The second-order valence-corrected chi connectivity index (χ2v) is 8.40. The third-order valence-electron chi connectivity index (χ3n) is 5.90. The van der Waals surface area contributed by atoms with Crippen molar-refractivity contribution in [1.29, 1.82) is 0 Å². The van der Waals surface area contributed by atoms with Gasteiger partial charge < -0.3 is 9.52 Å². The van der Waals surface area contributed by atoms with Crippen molar-refractivity contribution in [2.45, 2.75) is 44.9 Å². The molecule has 1 N–H and O–H groups in total. The molecule has 2 aromatic carbocycles. The number of hydrogen-bond donors (Lipinski definition) is 1. The smallest absolute Gasteiger partial charge is 0.317 e. The first-order valence-corrected chi connectivity index (χ1v) is 10.6. The second-order valence-electron chi connectivity index (χ2n) is 8.06. The summed E-state index contributed by atoms with van der Waals surface area (Å²) in [6, 6.07) is 16.5. The molecule has 0 spiro atoms. The van der Waals surface area contributed by atoms with Gasteiger partial charge in [0.2, 0.25) is 0 Å². The Morgan fingerprint density at radius 3 is 2.40 bits per heavy atom. The minimum absolute atomic E-state index is 0.291. The summed E-state index contributed by atoms with van der Waals surface area (Å²) in [6.45, 7) is 2.02. The van der Waals surface area contributed by atoms with Gasteiger partial charge in [0.1, 0.15) is 0 Å². The van der Waals surface area contributed by atoms with Gasteiger partial charge in [0.15, 0.2) is 5.76 Å². The van der Waals surface area contributed by atoms with E-state index in [4.69, 9.17) is 21.3 Å². The number of carboxylic acid groups (broad SMARTS) is 1. The highest BCUT2D eigenvalue weighted by Gasteiger charge is 2.24. The Morgan fingerprint density at radius 2 is 1.77 bits per heavy atom. The summed E-state index contributed by atoms with van der Waals surface area (Å²) in [5.74, 6) is 0.790. The van der Waals surface area contributed by atoms with Crippen molar-refractivity contribution in [2.24, 2.45) is 5.92 Å². The molecular formula is C24H25ClN2O3. The Balaban J connectivity index is 1.41. The third kappa shape index (κ3) is 4.68. The first kappa shape index (κ1) is 20.5. The topological polar surface area (TPSA) is 66.6 Å². The molecule has 1 saturated carbocycles. The first-order chi connectivity index (χ1) is 14.5. The molecular weight excluding hydrogens is 400 g/mol. The van der Waals surface area contributed by atoms with Crippen LogP contribution in [0, 0.1) is 12.8 Å². The molecule has 0 atom stereocenters. The summed E-state index contributed by atoms with van der Waals surface area (Å²) in [7, 11) is 0. The first-order valence-electron chi connectivity index (χ1n) is 10.3. The van der Waals surface area contributed by atoms with Gasteiger partial charge in [-0.2, -0.15) is 4.98 Å². The van der Waals surface area contributed by atoms with Crippen LogP contribution in [0.4, 0.5) is 11.7 Å². The van der Waals surface area contributed by atoms with Gasteiger partial charge in [-0.15, -0.1) is 0 Å². The average Bonchev–Trinajstić information content (AvgIpc) is 3.24. The number of benzene rings is 2. The Morgan fingerprint density at radius 1 is 1.10 bits per heavy atom. The van der Waals surface area contributed by atoms with Crippen LogP contribution in [0.15, 0.2) is 59.1 Å². The normalized spacial score (nSPS) is 18.9. The van der Waals surface area contributed by atoms with Gasteiger partial charge in [-0.1, -0.05) is 42.0 Å². The molecule has 3 aromatic rings. The van der Waals surface area contributed by atoms with Crippen LogP contribution in [0.1, 0.15) is 49.1 Å². The molecule has 1 aliphatic rings. The van der Waals surface area contributed by atoms with Gasteiger partial charge in [-0.05, 0) is 62.1 Å². The molecule has 0 aliphatic heterocycles. The van der Waals surface area contributed by atoms with Crippen molar-refractivity contribution >= 4 is 29.4 Å². The zero-order valence-electron chi connectivity index (χ0n) is 16.9. The monoisotopic (exact) mass is 424 g/mol. The average molecular weight is 425 g/mol. The SMILES string of the molecule is Cc1ccc(N(Cl)c2ncc(-c3ccc(C4CCC(CC(=O)O)CC4)cc3)o2)cc1. The van der Waals surface area contributed by atoms with Crippen molar-refractivity contribution < 1.29 is 14.3 Å². The lowest BCUT2D eigenvalue weighted by Crippen LogP contribution is -2.16. The molecule has 0 saturated heterocycles. The summed E-state index contributed by atoms with van der Waals surface area (Å²) in [6.07, 6.45) is 6.02. The fraction of sp³-hybridized carbons (Fsp3) is 0.333. The molecule has 0 radical (unpaired) electrons. The molecule has 1 aliphatic carbocycles. The number of aromatic nitrogens is 1. The number of halogens is 1. The zero-order chi connectivity index (χ0) is 21.1. The lowest BCUT2D eigenvalue weighted by Gasteiger charge is -2.28. The van der Waals surface area contributed by atoms with Crippen LogP contribution in [-0.2, 0) is 4.79 Å². The molecule has 0 bridgehead atoms. The van der Waals surface area contributed by atoms with E-state index in [-0.39, 0.29) is 0 Å². The van der Waals surface area contributed by atoms with Crippen LogP contribution in [0.25, 0.3) is 11.3 Å². The number of aryl methyl sites for hydroxylation is 1. The summed E-state index contributed by atoms with van der Waals surface area (Å²) >= 11 is 6.40. The van der Waals surface area contributed by atoms with E-state index in [1.165, 1.54) is 9.98 Å². The van der Waals surface area contributed by atoms with Gasteiger partial charge in [0, 0.05) is 23.8 Å². The van der Waals surface area contributed by atoms with Crippen molar-refractivity contribution in [3.63, 3.8) is 0 Å². The molecule has 5 nitrogen and oxygen atoms in total. The van der Waals surface area contributed by atoms with E-state index in [2.05, 4.69) is 17.1 Å². The molecule has 0 amide bonds. The Kier molecular flexibility index (Phi) is 6.09. The molecule has 1 fully saturated rings. The predicted molar refractivity (Wildman–Crippen MR) is 118 cm³/mol. The largest absolute Gasteiger partial charge is 0.481 e.